The molecule has 21 heavy (non-hydrogen) atoms. The van der Waals surface area contributed by atoms with E-state index in [2.05, 4.69) is 20.8 Å². The second-order valence-corrected chi connectivity index (χ2v) is 8.83. The molecule has 0 radical (unpaired) electrons. The summed E-state index contributed by atoms with van der Waals surface area (Å²) in [6, 6.07) is 0. The van der Waals surface area contributed by atoms with E-state index >= 15 is 0 Å². The predicted octanol–water partition coefficient (Wildman–Crippen LogP) is 2.07. The van der Waals surface area contributed by atoms with E-state index in [9.17, 15) is 9.90 Å². The van der Waals surface area contributed by atoms with Gasteiger partial charge in [-0.2, -0.15) is 0 Å². The molecule has 2 aliphatic rings. The average Bonchev–Trinajstić information content (AvgIpc) is 2.67. The van der Waals surface area contributed by atoms with Crippen LogP contribution in [0.5, 0.6) is 0 Å². The van der Waals surface area contributed by atoms with Crippen LogP contribution in [-0.4, -0.2) is 29.5 Å². The molecule has 1 aliphatic carbocycles. The minimum atomic E-state index is -0.237. The zero-order valence-electron chi connectivity index (χ0n) is 13.1. The molecule has 0 aromatic carbocycles. The molecule has 0 unspecified atom stereocenters. The minimum absolute atomic E-state index is 0.0919. The summed E-state index contributed by atoms with van der Waals surface area (Å²) in [6.45, 7) is 8.68. The Bertz CT molecular complexity index is 572. The van der Waals surface area contributed by atoms with E-state index < -0.39 is 0 Å². The van der Waals surface area contributed by atoms with E-state index in [1.807, 2.05) is 4.57 Å². The smallest absolute Gasteiger partial charge is 0.307 e. The van der Waals surface area contributed by atoms with Gasteiger partial charge in [-0.05, 0) is 30.6 Å². The molecule has 5 heteroatoms. The van der Waals surface area contributed by atoms with Crippen LogP contribution in [0.3, 0.4) is 0 Å². The first kappa shape index (κ1) is 15.3. The van der Waals surface area contributed by atoms with Crippen LogP contribution < -0.4 is 4.87 Å². The highest BCUT2D eigenvalue weighted by Crippen LogP contribution is 2.39. The lowest BCUT2D eigenvalue weighted by Gasteiger charge is -2.40. The Labute approximate surface area is 129 Å². The average molecular weight is 311 g/mol. The van der Waals surface area contributed by atoms with E-state index in [4.69, 9.17) is 4.74 Å². The number of aromatic nitrogens is 1. The topological polar surface area (TPSA) is 51.5 Å². The van der Waals surface area contributed by atoms with Crippen molar-refractivity contribution >= 4 is 11.3 Å². The molecule has 2 heterocycles. The maximum Gasteiger partial charge on any atom is 0.307 e. The van der Waals surface area contributed by atoms with Crippen LogP contribution in [0.25, 0.3) is 0 Å². The van der Waals surface area contributed by atoms with Crippen LogP contribution in [-0.2, 0) is 24.1 Å². The maximum atomic E-state index is 12.4. The zero-order valence-corrected chi connectivity index (χ0v) is 14.0. The van der Waals surface area contributed by atoms with Gasteiger partial charge in [-0.25, -0.2) is 0 Å². The maximum absolute atomic E-state index is 12.4. The van der Waals surface area contributed by atoms with Crippen LogP contribution in [0.1, 0.15) is 37.8 Å². The highest BCUT2D eigenvalue weighted by Gasteiger charge is 2.40. The lowest BCUT2D eigenvalue weighted by molar-refractivity contribution is -0.145. The number of hydrogen-bond donors (Lipinski definition) is 1. The number of aliphatic hydroxyl groups is 1. The van der Waals surface area contributed by atoms with Crippen molar-refractivity contribution in [3.05, 3.63) is 20.2 Å². The van der Waals surface area contributed by atoms with Crippen molar-refractivity contribution < 1.29 is 9.84 Å². The summed E-state index contributed by atoms with van der Waals surface area (Å²) in [5, 5.41) is 9.59. The lowest BCUT2D eigenvalue weighted by atomic mass is 9.73. The molecule has 1 aromatic rings. The van der Waals surface area contributed by atoms with Crippen LogP contribution in [0.4, 0.5) is 0 Å². The van der Waals surface area contributed by atoms with E-state index in [0.29, 0.717) is 31.1 Å². The summed E-state index contributed by atoms with van der Waals surface area (Å²) in [5.74, 6) is 0.648. The summed E-state index contributed by atoms with van der Waals surface area (Å²) >= 11 is 1.41. The molecule has 1 aromatic heterocycles. The van der Waals surface area contributed by atoms with Crippen LogP contribution in [0.2, 0.25) is 0 Å². The normalized spacial score (nSPS) is 24.5. The van der Waals surface area contributed by atoms with Crippen LogP contribution in [0.15, 0.2) is 4.79 Å². The van der Waals surface area contributed by atoms with E-state index in [-0.39, 0.29) is 16.9 Å². The molecule has 1 atom stereocenters. The SMILES string of the molecule is CC(C)(C)[C@@H]1CCc2c(sc(=O)n2CC2(CO)COC2)C1. The Balaban J connectivity index is 1.86. The predicted molar refractivity (Wildman–Crippen MR) is 83.9 cm³/mol. The molecule has 1 saturated heterocycles. The van der Waals surface area contributed by atoms with Crippen molar-refractivity contribution in [1.82, 2.24) is 4.57 Å². The van der Waals surface area contributed by atoms with Gasteiger partial charge in [-0.1, -0.05) is 32.1 Å². The number of aliphatic hydroxyl groups excluding tert-OH is 1. The summed E-state index contributed by atoms with van der Waals surface area (Å²) < 4.78 is 7.17. The van der Waals surface area contributed by atoms with E-state index in [1.54, 1.807) is 0 Å². The standard InChI is InChI=1S/C16H25NO3S/c1-15(2,3)11-4-5-12-13(6-11)21-14(19)17(12)7-16(8-18)9-20-10-16/h11,18H,4-10H2,1-3H3/t11-/m1/s1. The van der Waals surface area contributed by atoms with Gasteiger partial charge in [0.15, 0.2) is 0 Å². The molecule has 0 spiro atoms. The molecule has 1 fully saturated rings. The van der Waals surface area contributed by atoms with Crippen molar-refractivity contribution in [3.63, 3.8) is 0 Å². The summed E-state index contributed by atoms with van der Waals surface area (Å²) in [5.41, 5.74) is 1.27. The third-order valence-electron chi connectivity index (χ3n) is 5.11. The minimum Gasteiger partial charge on any atom is -0.396 e. The van der Waals surface area contributed by atoms with Gasteiger partial charge < -0.3 is 14.4 Å². The Morgan fingerprint density at radius 1 is 1.43 bits per heavy atom. The Morgan fingerprint density at radius 3 is 2.67 bits per heavy atom. The third-order valence-corrected chi connectivity index (χ3v) is 6.15. The fourth-order valence-electron chi connectivity index (χ4n) is 3.41. The lowest BCUT2D eigenvalue weighted by Crippen LogP contribution is -2.50. The number of ether oxygens (including phenoxy) is 1. The van der Waals surface area contributed by atoms with Crippen molar-refractivity contribution in [2.45, 2.75) is 46.6 Å². The number of thiazole rings is 1. The van der Waals surface area contributed by atoms with Gasteiger partial charge in [0.2, 0.25) is 0 Å². The Hall–Kier alpha value is -0.650. The van der Waals surface area contributed by atoms with Crippen molar-refractivity contribution in [1.29, 1.82) is 0 Å². The molecular formula is C16H25NO3S. The molecule has 0 amide bonds. The molecule has 0 saturated carbocycles. The largest absolute Gasteiger partial charge is 0.396 e. The van der Waals surface area contributed by atoms with Crippen LogP contribution >= 0.6 is 11.3 Å². The van der Waals surface area contributed by atoms with Crippen LogP contribution in [0, 0.1) is 16.7 Å². The molecule has 1 aliphatic heterocycles. The van der Waals surface area contributed by atoms with Crippen molar-refractivity contribution in [2.24, 2.45) is 16.7 Å². The number of hydrogen-bond acceptors (Lipinski definition) is 4. The fraction of sp³-hybridized carbons (Fsp3) is 0.812. The molecule has 0 bridgehead atoms. The zero-order chi connectivity index (χ0) is 15.3. The molecular weight excluding hydrogens is 286 g/mol. The van der Waals surface area contributed by atoms with Gasteiger partial charge >= 0.3 is 4.87 Å². The fourth-order valence-corrected chi connectivity index (χ4v) is 4.52. The first-order valence-electron chi connectivity index (χ1n) is 7.75. The second-order valence-electron chi connectivity index (χ2n) is 7.78. The summed E-state index contributed by atoms with van der Waals surface area (Å²) in [6.07, 6.45) is 3.15. The number of nitrogens with zero attached hydrogens (tertiary/aromatic N) is 1. The van der Waals surface area contributed by atoms with Gasteiger partial charge in [0.05, 0.1) is 25.2 Å². The molecule has 1 N–H and O–H groups in total. The summed E-state index contributed by atoms with van der Waals surface area (Å²) in [7, 11) is 0. The second kappa shape index (κ2) is 5.21. The monoisotopic (exact) mass is 311 g/mol. The van der Waals surface area contributed by atoms with Crippen molar-refractivity contribution in [2.75, 3.05) is 19.8 Å². The number of rotatable bonds is 3. The quantitative estimate of drug-likeness (QED) is 0.930. The van der Waals surface area contributed by atoms with E-state index in [1.165, 1.54) is 21.9 Å². The third kappa shape index (κ3) is 2.71. The van der Waals surface area contributed by atoms with Gasteiger partial charge in [0.25, 0.3) is 0 Å². The van der Waals surface area contributed by atoms with E-state index in [0.717, 1.165) is 19.3 Å². The van der Waals surface area contributed by atoms with Gasteiger partial charge in [-0.15, -0.1) is 0 Å². The Morgan fingerprint density at radius 2 is 2.14 bits per heavy atom. The highest BCUT2D eigenvalue weighted by atomic mass is 32.1. The van der Waals surface area contributed by atoms with Gasteiger partial charge in [-0.3, -0.25) is 4.79 Å². The molecule has 3 rings (SSSR count). The molecule has 4 nitrogen and oxygen atoms in total. The Kier molecular flexibility index (Phi) is 3.79. The van der Waals surface area contributed by atoms with Crippen molar-refractivity contribution in [3.8, 4) is 0 Å². The molecule has 118 valence electrons. The summed E-state index contributed by atoms with van der Waals surface area (Å²) in [4.78, 5) is 13.8. The first-order valence-corrected chi connectivity index (χ1v) is 8.56. The number of fused-ring (bicyclic) bond motifs is 1. The highest BCUT2D eigenvalue weighted by molar-refractivity contribution is 7.09. The first-order chi connectivity index (χ1) is 9.85. The van der Waals surface area contributed by atoms with Gasteiger partial charge in [0, 0.05) is 17.1 Å². The van der Waals surface area contributed by atoms with Gasteiger partial charge in [0.1, 0.15) is 0 Å².